The number of likely N-dealkylation sites (tertiary alicyclic amines) is 1. The van der Waals surface area contributed by atoms with Crippen LogP contribution in [0, 0.1) is 5.92 Å². The number of amides is 3. The van der Waals surface area contributed by atoms with E-state index < -0.39 is 5.54 Å². The molecule has 3 amide bonds. The van der Waals surface area contributed by atoms with Gasteiger partial charge in [0.2, 0.25) is 0 Å². The molecule has 0 unspecified atom stereocenters. The summed E-state index contributed by atoms with van der Waals surface area (Å²) < 4.78 is 0. The van der Waals surface area contributed by atoms with Gasteiger partial charge in [0.15, 0.2) is 0 Å². The van der Waals surface area contributed by atoms with E-state index in [-0.39, 0.29) is 11.9 Å². The van der Waals surface area contributed by atoms with Crippen LogP contribution in [0.5, 0.6) is 0 Å². The fourth-order valence-corrected chi connectivity index (χ4v) is 5.15. The van der Waals surface area contributed by atoms with Crippen LogP contribution in [-0.2, 0) is 11.3 Å². The number of aromatic nitrogens is 1. The average Bonchev–Trinajstić information content (AvgIpc) is 2.89. The van der Waals surface area contributed by atoms with Gasteiger partial charge in [-0.05, 0) is 50.0 Å². The maximum atomic E-state index is 13.6. The normalized spacial score (nSPS) is 20.9. The van der Waals surface area contributed by atoms with Crippen LogP contribution >= 0.6 is 11.8 Å². The first-order valence-corrected chi connectivity index (χ1v) is 12.0. The van der Waals surface area contributed by atoms with Crippen molar-refractivity contribution in [3.8, 4) is 0 Å². The SMILES string of the molecule is CSC[C@H](C)N1CCC2(CC1)C(=O)N(Cc1cccnc1)C(=O)N2CCC(C)C. The first kappa shape index (κ1) is 22.1. The molecule has 1 aromatic rings. The van der Waals surface area contributed by atoms with E-state index in [1.54, 1.807) is 12.4 Å². The molecule has 6 nitrogen and oxygen atoms in total. The van der Waals surface area contributed by atoms with E-state index in [0.717, 1.165) is 43.7 Å². The number of hydrogen-bond acceptors (Lipinski definition) is 5. The molecule has 1 spiro atoms. The lowest BCUT2D eigenvalue weighted by molar-refractivity contribution is -0.136. The van der Waals surface area contributed by atoms with Crippen LogP contribution in [0.25, 0.3) is 0 Å². The molecule has 2 aliphatic rings. The van der Waals surface area contributed by atoms with Crippen molar-refractivity contribution < 1.29 is 9.59 Å². The average molecular weight is 419 g/mol. The summed E-state index contributed by atoms with van der Waals surface area (Å²) in [6.45, 7) is 9.25. The van der Waals surface area contributed by atoms with E-state index in [1.165, 1.54) is 4.90 Å². The van der Waals surface area contributed by atoms with Gasteiger partial charge in [-0.3, -0.25) is 19.6 Å². The molecule has 3 rings (SSSR count). The Bertz CT molecular complexity index is 704. The number of rotatable bonds is 8. The predicted octanol–water partition coefficient (Wildman–Crippen LogP) is 3.48. The Morgan fingerprint density at radius 1 is 1.21 bits per heavy atom. The highest BCUT2D eigenvalue weighted by molar-refractivity contribution is 7.98. The standard InChI is InChI=1S/C22H34N4O2S/c1-17(2)7-11-26-21(28)25(15-19-6-5-10-23-14-19)20(27)22(26)8-12-24(13-9-22)18(3)16-29-4/h5-6,10,14,17-18H,7-9,11-13,15-16H2,1-4H3/t18-/m0/s1. The minimum atomic E-state index is -0.677. The van der Waals surface area contributed by atoms with Gasteiger partial charge in [-0.2, -0.15) is 11.8 Å². The Morgan fingerprint density at radius 2 is 1.93 bits per heavy atom. The molecule has 2 fully saturated rings. The number of pyridine rings is 1. The summed E-state index contributed by atoms with van der Waals surface area (Å²) in [5.74, 6) is 1.56. The minimum absolute atomic E-state index is 0.0210. The zero-order valence-electron chi connectivity index (χ0n) is 18.1. The van der Waals surface area contributed by atoms with Crippen molar-refractivity contribution >= 4 is 23.7 Å². The Morgan fingerprint density at radius 3 is 2.52 bits per heavy atom. The number of thioether (sulfide) groups is 1. The van der Waals surface area contributed by atoms with E-state index in [4.69, 9.17) is 0 Å². The molecular formula is C22H34N4O2S. The molecule has 0 saturated carbocycles. The number of piperidine rings is 1. The fourth-order valence-electron chi connectivity index (χ4n) is 4.46. The second kappa shape index (κ2) is 9.47. The van der Waals surface area contributed by atoms with Crippen LogP contribution in [0.3, 0.4) is 0 Å². The van der Waals surface area contributed by atoms with Crippen molar-refractivity contribution in [1.29, 1.82) is 0 Å². The van der Waals surface area contributed by atoms with Crippen molar-refractivity contribution in [1.82, 2.24) is 19.7 Å². The third-order valence-electron chi connectivity index (χ3n) is 6.27. The topological polar surface area (TPSA) is 56.8 Å². The summed E-state index contributed by atoms with van der Waals surface area (Å²) >= 11 is 1.85. The van der Waals surface area contributed by atoms with Gasteiger partial charge < -0.3 is 4.90 Å². The summed E-state index contributed by atoms with van der Waals surface area (Å²) in [5.41, 5.74) is 0.213. The molecular weight excluding hydrogens is 384 g/mol. The lowest BCUT2D eigenvalue weighted by atomic mass is 9.85. The van der Waals surface area contributed by atoms with Gasteiger partial charge in [0.1, 0.15) is 5.54 Å². The molecule has 0 radical (unpaired) electrons. The van der Waals surface area contributed by atoms with Gasteiger partial charge in [0, 0.05) is 43.8 Å². The zero-order valence-corrected chi connectivity index (χ0v) is 19.0. The molecule has 2 aliphatic heterocycles. The van der Waals surface area contributed by atoms with Gasteiger partial charge in [-0.1, -0.05) is 19.9 Å². The second-order valence-electron chi connectivity index (χ2n) is 8.74. The molecule has 29 heavy (non-hydrogen) atoms. The first-order valence-electron chi connectivity index (χ1n) is 10.6. The van der Waals surface area contributed by atoms with E-state index in [1.807, 2.05) is 28.8 Å². The summed E-state index contributed by atoms with van der Waals surface area (Å²) in [4.78, 5) is 36.8. The van der Waals surface area contributed by atoms with Gasteiger partial charge in [0.05, 0.1) is 6.54 Å². The van der Waals surface area contributed by atoms with Crippen LogP contribution in [0.4, 0.5) is 4.79 Å². The van der Waals surface area contributed by atoms with E-state index >= 15 is 0 Å². The summed E-state index contributed by atoms with van der Waals surface area (Å²) in [6, 6.07) is 4.12. The minimum Gasteiger partial charge on any atom is -0.309 e. The lowest BCUT2D eigenvalue weighted by Gasteiger charge is -2.44. The van der Waals surface area contributed by atoms with E-state index in [0.29, 0.717) is 25.0 Å². The summed E-state index contributed by atoms with van der Waals surface area (Å²) in [6.07, 6.45) is 7.92. The van der Waals surface area contributed by atoms with Crippen LogP contribution in [0.1, 0.15) is 45.6 Å². The van der Waals surface area contributed by atoms with Crippen LogP contribution in [-0.4, -0.2) is 74.8 Å². The monoisotopic (exact) mass is 418 g/mol. The Hall–Kier alpha value is -1.60. The second-order valence-corrected chi connectivity index (χ2v) is 9.65. The third kappa shape index (κ3) is 4.61. The molecule has 7 heteroatoms. The Balaban J connectivity index is 1.81. The zero-order chi connectivity index (χ0) is 21.0. The summed E-state index contributed by atoms with van der Waals surface area (Å²) in [5, 5.41) is 0. The Labute approximate surface area is 179 Å². The van der Waals surface area contributed by atoms with Crippen molar-refractivity contribution in [3.05, 3.63) is 30.1 Å². The van der Waals surface area contributed by atoms with Crippen molar-refractivity contribution in [2.24, 2.45) is 5.92 Å². The highest BCUT2D eigenvalue weighted by atomic mass is 32.2. The lowest BCUT2D eigenvalue weighted by Crippen LogP contribution is -2.58. The molecule has 0 N–H and O–H groups in total. The van der Waals surface area contributed by atoms with Crippen LogP contribution in [0.2, 0.25) is 0 Å². The molecule has 0 bridgehead atoms. The molecule has 2 saturated heterocycles. The number of carbonyl (C=O) groups is 2. The molecule has 160 valence electrons. The molecule has 3 heterocycles. The Kier molecular flexibility index (Phi) is 7.22. The number of imide groups is 1. The number of carbonyl (C=O) groups excluding carboxylic acids is 2. The van der Waals surface area contributed by atoms with Crippen molar-refractivity contribution in [2.75, 3.05) is 31.6 Å². The quantitative estimate of drug-likeness (QED) is 0.605. The van der Waals surface area contributed by atoms with E-state index in [2.05, 4.69) is 36.9 Å². The largest absolute Gasteiger partial charge is 0.327 e. The summed E-state index contributed by atoms with van der Waals surface area (Å²) in [7, 11) is 0. The number of urea groups is 1. The highest BCUT2D eigenvalue weighted by Crippen LogP contribution is 2.39. The van der Waals surface area contributed by atoms with Gasteiger partial charge in [0.25, 0.3) is 5.91 Å². The van der Waals surface area contributed by atoms with Crippen molar-refractivity contribution in [2.45, 2.75) is 58.2 Å². The molecule has 1 atom stereocenters. The van der Waals surface area contributed by atoms with Crippen LogP contribution < -0.4 is 0 Å². The van der Waals surface area contributed by atoms with Gasteiger partial charge >= 0.3 is 6.03 Å². The maximum absolute atomic E-state index is 13.6. The molecule has 0 aliphatic carbocycles. The van der Waals surface area contributed by atoms with E-state index in [9.17, 15) is 9.59 Å². The van der Waals surface area contributed by atoms with Crippen LogP contribution in [0.15, 0.2) is 24.5 Å². The highest BCUT2D eigenvalue weighted by Gasteiger charge is 2.57. The first-order chi connectivity index (χ1) is 13.9. The van der Waals surface area contributed by atoms with Gasteiger partial charge in [-0.25, -0.2) is 4.79 Å². The number of nitrogens with zero attached hydrogens (tertiary/aromatic N) is 4. The fraction of sp³-hybridized carbons (Fsp3) is 0.682. The smallest absolute Gasteiger partial charge is 0.309 e. The predicted molar refractivity (Wildman–Crippen MR) is 118 cm³/mol. The number of hydrogen-bond donors (Lipinski definition) is 0. The third-order valence-corrected chi connectivity index (χ3v) is 7.09. The molecule has 0 aromatic carbocycles. The molecule has 1 aromatic heterocycles. The van der Waals surface area contributed by atoms with Gasteiger partial charge in [-0.15, -0.1) is 0 Å². The van der Waals surface area contributed by atoms with Crippen molar-refractivity contribution in [3.63, 3.8) is 0 Å². The maximum Gasteiger partial charge on any atom is 0.327 e.